The SMILES string of the molecule is C/C(Cl)=C\COc1ccc(OCCCCOc2ncc(C(F)(F)F)cn2)c(C#N)c1. The van der Waals surface area contributed by atoms with Crippen LogP contribution in [-0.2, 0) is 6.18 Å². The van der Waals surface area contributed by atoms with Crippen molar-refractivity contribution in [2.45, 2.75) is 25.9 Å². The Balaban J connectivity index is 1.72. The topological polar surface area (TPSA) is 77.3 Å². The number of benzene rings is 1. The Kier molecular flexibility index (Phi) is 8.74. The van der Waals surface area contributed by atoms with Crippen molar-refractivity contribution >= 4 is 11.6 Å². The molecule has 1 aromatic carbocycles. The summed E-state index contributed by atoms with van der Waals surface area (Å²) in [6.45, 7) is 2.59. The molecule has 0 amide bonds. The number of nitrogens with zero attached hydrogens (tertiary/aromatic N) is 3. The van der Waals surface area contributed by atoms with Gasteiger partial charge in [-0.3, -0.25) is 0 Å². The Morgan fingerprint density at radius 2 is 1.80 bits per heavy atom. The highest BCUT2D eigenvalue weighted by molar-refractivity contribution is 6.29. The van der Waals surface area contributed by atoms with Crippen LogP contribution in [0.25, 0.3) is 0 Å². The van der Waals surface area contributed by atoms with Crippen LogP contribution in [-0.4, -0.2) is 29.8 Å². The molecule has 1 aromatic heterocycles. The van der Waals surface area contributed by atoms with Gasteiger partial charge in [-0.1, -0.05) is 11.6 Å². The monoisotopic (exact) mass is 441 g/mol. The van der Waals surface area contributed by atoms with Gasteiger partial charge in [0.05, 0.1) is 24.3 Å². The minimum absolute atomic E-state index is 0.120. The molecule has 0 aliphatic heterocycles. The third kappa shape index (κ3) is 7.79. The summed E-state index contributed by atoms with van der Waals surface area (Å²) < 4.78 is 53.6. The molecule has 30 heavy (non-hydrogen) atoms. The van der Waals surface area contributed by atoms with E-state index < -0.39 is 11.7 Å². The van der Waals surface area contributed by atoms with Crippen LogP contribution >= 0.6 is 11.6 Å². The molecule has 0 fully saturated rings. The van der Waals surface area contributed by atoms with E-state index in [-0.39, 0.29) is 12.6 Å². The summed E-state index contributed by atoms with van der Waals surface area (Å²) in [6.07, 6.45) is -0.259. The van der Waals surface area contributed by atoms with Gasteiger partial charge in [-0.15, -0.1) is 0 Å². The molecule has 0 bridgehead atoms. The van der Waals surface area contributed by atoms with Gasteiger partial charge in [-0.2, -0.15) is 18.4 Å². The second-order valence-corrected chi connectivity index (χ2v) is 6.62. The third-order valence-corrected chi connectivity index (χ3v) is 3.82. The van der Waals surface area contributed by atoms with Crippen LogP contribution in [0.1, 0.15) is 30.9 Å². The molecular weight excluding hydrogens is 423 g/mol. The number of allylic oxidation sites excluding steroid dienone is 1. The Hall–Kier alpha value is -2.99. The molecule has 0 aliphatic rings. The highest BCUT2D eigenvalue weighted by atomic mass is 35.5. The standard InChI is InChI=1S/C20H19ClF3N3O3/c1-14(21)6-9-28-17-4-5-18(15(10-17)11-25)29-7-2-3-8-30-19-26-12-16(13-27-19)20(22,23)24/h4-6,10,12-13H,2-3,7-9H2,1H3/b14-6+. The maximum Gasteiger partial charge on any atom is 0.419 e. The van der Waals surface area contributed by atoms with Crippen LogP contribution in [0, 0.1) is 11.3 Å². The fourth-order valence-electron chi connectivity index (χ4n) is 2.15. The number of ether oxygens (including phenoxy) is 3. The van der Waals surface area contributed by atoms with E-state index in [9.17, 15) is 18.4 Å². The zero-order valence-electron chi connectivity index (χ0n) is 16.1. The van der Waals surface area contributed by atoms with E-state index in [0.29, 0.717) is 60.5 Å². The highest BCUT2D eigenvalue weighted by Crippen LogP contribution is 2.28. The summed E-state index contributed by atoms with van der Waals surface area (Å²) in [5.41, 5.74) is -0.591. The lowest BCUT2D eigenvalue weighted by Crippen LogP contribution is -2.08. The first-order valence-electron chi connectivity index (χ1n) is 8.93. The van der Waals surface area contributed by atoms with Gasteiger partial charge in [0.25, 0.3) is 0 Å². The van der Waals surface area contributed by atoms with Crippen molar-refractivity contribution in [1.29, 1.82) is 5.26 Å². The Morgan fingerprint density at radius 3 is 2.40 bits per heavy atom. The van der Waals surface area contributed by atoms with E-state index >= 15 is 0 Å². The maximum absolute atomic E-state index is 12.4. The third-order valence-electron chi connectivity index (χ3n) is 3.67. The van der Waals surface area contributed by atoms with E-state index in [2.05, 4.69) is 16.0 Å². The zero-order valence-corrected chi connectivity index (χ0v) is 16.8. The van der Waals surface area contributed by atoms with E-state index in [4.69, 9.17) is 25.8 Å². The number of alkyl halides is 3. The summed E-state index contributed by atoms with van der Waals surface area (Å²) in [5, 5.41) is 9.89. The predicted molar refractivity (Wildman–Crippen MR) is 104 cm³/mol. The number of halogens is 4. The molecule has 0 spiro atoms. The summed E-state index contributed by atoms with van der Waals surface area (Å²) >= 11 is 5.73. The Morgan fingerprint density at radius 1 is 1.13 bits per heavy atom. The van der Waals surface area contributed by atoms with Crippen molar-refractivity contribution in [2.75, 3.05) is 19.8 Å². The second kappa shape index (κ2) is 11.3. The summed E-state index contributed by atoms with van der Waals surface area (Å²) in [5.74, 6) is 0.957. The lowest BCUT2D eigenvalue weighted by atomic mass is 10.2. The molecule has 0 saturated carbocycles. The van der Waals surface area contributed by atoms with E-state index in [1.165, 1.54) is 0 Å². The largest absolute Gasteiger partial charge is 0.492 e. The first-order valence-corrected chi connectivity index (χ1v) is 9.31. The fraction of sp³-hybridized carbons (Fsp3) is 0.350. The van der Waals surface area contributed by atoms with Crippen LogP contribution in [0.5, 0.6) is 17.5 Å². The highest BCUT2D eigenvalue weighted by Gasteiger charge is 2.31. The van der Waals surface area contributed by atoms with Gasteiger partial charge in [-0.25, -0.2) is 9.97 Å². The Labute approximate surface area is 176 Å². The lowest BCUT2D eigenvalue weighted by molar-refractivity contribution is -0.138. The molecule has 0 radical (unpaired) electrons. The normalized spacial score (nSPS) is 11.7. The van der Waals surface area contributed by atoms with Gasteiger partial charge in [0.15, 0.2) is 0 Å². The average Bonchev–Trinajstić information content (AvgIpc) is 2.70. The molecule has 1 heterocycles. The van der Waals surface area contributed by atoms with Crippen molar-refractivity contribution in [3.8, 4) is 23.6 Å². The average molecular weight is 442 g/mol. The summed E-state index contributed by atoms with van der Waals surface area (Å²) in [7, 11) is 0. The maximum atomic E-state index is 12.4. The molecular formula is C20H19ClF3N3O3. The number of rotatable bonds is 10. The zero-order chi connectivity index (χ0) is 22.0. The number of hydrogen-bond donors (Lipinski definition) is 0. The second-order valence-electron chi connectivity index (χ2n) is 6.03. The number of nitriles is 1. The first-order chi connectivity index (χ1) is 14.3. The molecule has 0 aliphatic carbocycles. The van der Waals surface area contributed by atoms with Crippen molar-refractivity contribution in [3.63, 3.8) is 0 Å². The molecule has 6 nitrogen and oxygen atoms in total. The molecule has 0 N–H and O–H groups in total. The smallest absolute Gasteiger partial charge is 0.419 e. The van der Waals surface area contributed by atoms with E-state index in [1.807, 2.05) is 0 Å². The number of aromatic nitrogens is 2. The first kappa shape index (κ1) is 23.3. The van der Waals surface area contributed by atoms with Crippen molar-refractivity contribution < 1.29 is 27.4 Å². The van der Waals surface area contributed by atoms with E-state index in [1.54, 1.807) is 31.2 Å². The van der Waals surface area contributed by atoms with Crippen LogP contribution in [0.2, 0.25) is 0 Å². The molecule has 2 rings (SSSR count). The van der Waals surface area contributed by atoms with Crippen LogP contribution in [0.15, 0.2) is 41.7 Å². The van der Waals surface area contributed by atoms with Gasteiger partial charge in [0.2, 0.25) is 0 Å². The van der Waals surface area contributed by atoms with Gasteiger partial charge in [0, 0.05) is 23.5 Å². The molecule has 0 atom stereocenters. The van der Waals surface area contributed by atoms with Crippen molar-refractivity contribution in [1.82, 2.24) is 9.97 Å². The van der Waals surface area contributed by atoms with Gasteiger partial charge in [-0.05, 0) is 38.0 Å². The molecule has 2 aromatic rings. The van der Waals surface area contributed by atoms with Crippen LogP contribution < -0.4 is 14.2 Å². The van der Waals surface area contributed by atoms with Gasteiger partial charge < -0.3 is 14.2 Å². The minimum Gasteiger partial charge on any atom is -0.492 e. The van der Waals surface area contributed by atoms with Crippen molar-refractivity contribution in [2.24, 2.45) is 0 Å². The number of hydrogen-bond acceptors (Lipinski definition) is 6. The van der Waals surface area contributed by atoms with Crippen molar-refractivity contribution in [3.05, 3.63) is 52.8 Å². The van der Waals surface area contributed by atoms with Gasteiger partial charge in [0.1, 0.15) is 24.2 Å². The minimum atomic E-state index is -4.48. The summed E-state index contributed by atoms with van der Waals surface area (Å²) in [6, 6.07) is 6.86. The predicted octanol–water partition coefficient (Wildman–Crippen LogP) is 5.13. The van der Waals surface area contributed by atoms with E-state index in [0.717, 1.165) is 0 Å². The number of unbranched alkanes of at least 4 members (excludes halogenated alkanes) is 1. The van der Waals surface area contributed by atoms with Crippen LogP contribution in [0.3, 0.4) is 0 Å². The quantitative estimate of drug-likeness (QED) is 0.476. The Bertz CT molecular complexity index is 893. The lowest BCUT2D eigenvalue weighted by Gasteiger charge is -2.10. The molecule has 10 heteroatoms. The van der Waals surface area contributed by atoms with Crippen LogP contribution in [0.4, 0.5) is 13.2 Å². The van der Waals surface area contributed by atoms with Gasteiger partial charge >= 0.3 is 12.2 Å². The summed E-state index contributed by atoms with van der Waals surface area (Å²) in [4.78, 5) is 7.06. The fourth-order valence-corrected chi connectivity index (χ4v) is 2.21. The molecule has 0 saturated heterocycles. The molecule has 0 unspecified atom stereocenters. The molecule has 160 valence electrons.